The van der Waals surface area contributed by atoms with E-state index in [1.807, 2.05) is 44.2 Å². The summed E-state index contributed by atoms with van der Waals surface area (Å²) in [5.74, 6) is -0.189. The second-order valence-corrected chi connectivity index (χ2v) is 12.4. The average Bonchev–Trinajstić information content (AvgIpc) is 3.30. The molecule has 4 aromatic rings. The highest BCUT2D eigenvalue weighted by molar-refractivity contribution is 7.89. The number of carbonyl (C=O) groups is 1. The summed E-state index contributed by atoms with van der Waals surface area (Å²) in [6, 6.07) is 20.3. The fourth-order valence-corrected chi connectivity index (χ4v) is 7.18. The lowest BCUT2D eigenvalue weighted by atomic mass is 10.1. The zero-order valence-corrected chi connectivity index (χ0v) is 22.6. The molecule has 1 aliphatic heterocycles. The first kappa shape index (κ1) is 25.5. The molecule has 0 saturated carbocycles. The molecule has 2 unspecified atom stereocenters. The number of rotatable bonds is 7. The molecule has 3 aromatic carbocycles. The Morgan fingerprint density at radius 1 is 1.05 bits per heavy atom. The van der Waals surface area contributed by atoms with Crippen LogP contribution in [0.5, 0.6) is 0 Å². The van der Waals surface area contributed by atoms with Crippen LogP contribution in [-0.2, 0) is 14.8 Å². The van der Waals surface area contributed by atoms with Crippen molar-refractivity contribution >= 4 is 43.0 Å². The molecule has 0 bridgehead atoms. The molecule has 7 nitrogen and oxygen atoms in total. The highest BCUT2D eigenvalue weighted by Gasteiger charge is 2.32. The summed E-state index contributed by atoms with van der Waals surface area (Å²) in [5.41, 5.74) is 4.36. The zero-order chi connectivity index (χ0) is 26.2. The molecule has 0 amide bonds. The third kappa shape index (κ3) is 5.60. The first-order valence-electron chi connectivity index (χ1n) is 12.2. The Kier molecular flexibility index (Phi) is 7.13. The van der Waals surface area contributed by atoms with Crippen LogP contribution in [0.4, 0.5) is 5.69 Å². The Balaban J connectivity index is 1.25. The number of fused-ring (bicyclic) bond motifs is 1. The molecule has 0 radical (unpaired) electrons. The van der Waals surface area contributed by atoms with Crippen molar-refractivity contribution in [3.05, 3.63) is 77.9 Å². The molecular formula is C28H29N3O4S2. The van der Waals surface area contributed by atoms with E-state index >= 15 is 0 Å². The van der Waals surface area contributed by atoms with Crippen LogP contribution in [0.15, 0.2) is 71.6 Å². The van der Waals surface area contributed by atoms with Gasteiger partial charge in [0.25, 0.3) is 0 Å². The number of aromatic nitrogens is 1. The maximum atomic E-state index is 13.2. The number of carbonyl (C=O) groups excluding carboxylic acids is 1. The zero-order valence-electron chi connectivity index (χ0n) is 21.0. The van der Waals surface area contributed by atoms with Crippen molar-refractivity contribution in [2.75, 3.05) is 25.0 Å². The molecule has 192 valence electrons. The number of nitrogens with zero attached hydrogens (tertiary/aromatic N) is 2. The van der Waals surface area contributed by atoms with E-state index in [9.17, 15) is 13.2 Å². The standard InChI is InChI=1S/C28H29N3O4S2/c1-18-7-12-25-27(13-18)36-28(30-25)21-8-10-23(11-9-21)29-15-26(32)22-5-4-6-24(14-22)37(33,34)31-16-19(2)35-20(3)17-31/h4-14,19-20,29H,15-17H2,1-3H3. The second-order valence-electron chi connectivity index (χ2n) is 9.45. The first-order valence-corrected chi connectivity index (χ1v) is 14.4. The molecule has 1 saturated heterocycles. The SMILES string of the molecule is Cc1ccc2nc(-c3ccc(NCC(=O)c4cccc(S(=O)(=O)N5CC(C)OC(C)C5)c4)cc3)sc2c1. The Hall–Kier alpha value is -3.11. The van der Waals surface area contributed by atoms with Crippen molar-refractivity contribution in [1.82, 2.24) is 9.29 Å². The number of sulfonamides is 1. The van der Waals surface area contributed by atoms with Gasteiger partial charge in [-0.2, -0.15) is 4.31 Å². The maximum Gasteiger partial charge on any atom is 0.243 e. The van der Waals surface area contributed by atoms with Gasteiger partial charge in [0, 0.05) is 29.9 Å². The van der Waals surface area contributed by atoms with Gasteiger partial charge >= 0.3 is 0 Å². The average molecular weight is 536 g/mol. The molecule has 9 heteroatoms. The predicted octanol–water partition coefficient (Wildman–Crippen LogP) is 5.36. The quantitative estimate of drug-likeness (QED) is 0.320. The summed E-state index contributed by atoms with van der Waals surface area (Å²) >= 11 is 1.65. The third-order valence-electron chi connectivity index (χ3n) is 6.31. The smallest absolute Gasteiger partial charge is 0.243 e. The van der Waals surface area contributed by atoms with E-state index in [4.69, 9.17) is 9.72 Å². The van der Waals surface area contributed by atoms with E-state index in [2.05, 4.69) is 24.4 Å². The number of Topliss-reactive ketones (excluding diaryl/α,β-unsaturated/α-hetero) is 1. The van der Waals surface area contributed by atoms with Gasteiger partial charge in [-0.15, -0.1) is 11.3 Å². The number of thiazole rings is 1. The van der Waals surface area contributed by atoms with E-state index < -0.39 is 10.0 Å². The van der Waals surface area contributed by atoms with Gasteiger partial charge in [0.05, 0.1) is 33.9 Å². The highest BCUT2D eigenvalue weighted by Crippen LogP contribution is 2.31. The lowest BCUT2D eigenvalue weighted by Crippen LogP contribution is -2.48. The number of hydrogen-bond acceptors (Lipinski definition) is 7. The Morgan fingerprint density at radius 3 is 2.51 bits per heavy atom. The third-order valence-corrected chi connectivity index (χ3v) is 9.20. The summed E-state index contributed by atoms with van der Waals surface area (Å²) < 4.78 is 34.6. The van der Waals surface area contributed by atoms with E-state index in [1.54, 1.807) is 23.5 Å². The summed E-state index contributed by atoms with van der Waals surface area (Å²) in [7, 11) is -3.72. The summed E-state index contributed by atoms with van der Waals surface area (Å²) in [6.07, 6.45) is -0.365. The van der Waals surface area contributed by atoms with E-state index in [1.165, 1.54) is 22.0 Å². The van der Waals surface area contributed by atoms with Crippen molar-refractivity contribution in [1.29, 1.82) is 0 Å². The van der Waals surface area contributed by atoms with Crippen molar-refractivity contribution in [2.24, 2.45) is 0 Å². The molecule has 5 rings (SSSR count). The molecule has 0 aliphatic carbocycles. The van der Waals surface area contributed by atoms with Gasteiger partial charge in [-0.05, 0) is 74.9 Å². The van der Waals surface area contributed by atoms with Crippen molar-refractivity contribution in [3.63, 3.8) is 0 Å². The Labute approximate surface area is 221 Å². The van der Waals surface area contributed by atoms with Gasteiger partial charge in [-0.1, -0.05) is 18.2 Å². The highest BCUT2D eigenvalue weighted by atomic mass is 32.2. The van der Waals surface area contributed by atoms with Crippen molar-refractivity contribution in [2.45, 2.75) is 37.9 Å². The molecular weight excluding hydrogens is 506 g/mol. The minimum Gasteiger partial charge on any atom is -0.378 e. The fourth-order valence-electron chi connectivity index (χ4n) is 4.48. The summed E-state index contributed by atoms with van der Waals surface area (Å²) in [4.78, 5) is 17.7. The molecule has 1 aliphatic rings. The lowest BCUT2D eigenvalue weighted by Gasteiger charge is -2.34. The molecule has 1 N–H and O–H groups in total. The van der Waals surface area contributed by atoms with Crippen LogP contribution in [0, 0.1) is 6.92 Å². The lowest BCUT2D eigenvalue weighted by molar-refractivity contribution is -0.0440. The van der Waals surface area contributed by atoms with Gasteiger partial charge in [0.15, 0.2) is 5.78 Å². The van der Waals surface area contributed by atoms with Crippen LogP contribution in [0.1, 0.15) is 29.8 Å². The topological polar surface area (TPSA) is 88.6 Å². The normalized spacial score (nSPS) is 18.7. The van der Waals surface area contributed by atoms with E-state index in [-0.39, 0.29) is 29.4 Å². The van der Waals surface area contributed by atoms with E-state index in [0.29, 0.717) is 18.7 Å². The molecule has 0 spiro atoms. The summed E-state index contributed by atoms with van der Waals surface area (Å²) in [6.45, 7) is 6.42. The number of benzene rings is 3. The van der Waals surface area contributed by atoms with Crippen molar-refractivity contribution in [3.8, 4) is 10.6 Å². The number of nitrogens with one attached hydrogen (secondary N) is 1. The van der Waals surface area contributed by atoms with Gasteiger partial charge < -0.3 is 10.1 Å². The minimum absolute atomic E-state index is 0.0505. The second kappa shape index (κ2) is 10.3. The predicted molar refractivity (Wildman–Crippen MR) is 148 cm³/mol. The molecule has 37 heavy (non-hydrogen) atoms. The Morgan fingerprint density at radius 2 is 1.78 bits per heavy atom. The largest absolute Gasteiger partial charge is 0.378 e. The number of anilines is 1. The van der Waals surface area contributed by atoms with Crippen LogP contribution in [-0.4, -0.2) is 55.3 Å². The molecule has 2 atom stereocenters. The van der Waals surface area contributed by atoms with Crippen LogP contribution >= 0.6 is 11.3 Å². The molecule has 2 heterocycles. The monoisotopic (exact) mass is 535 g/mol. The molecule has 1 aromatic heterocycles. The van der Waals surface area contributed by atoms with Gasteiger partial charge in [-0.3, -0.25) is 4.79 Å². The van der Waals surface area contributed by atoms with Gasteiger partial charge in [0.1, 0.15) is 5.01 Å². The number of morpholine rings is 1. The number of aryl methyl sites for hydroxylation is 1. The number of ether oxygens (including phenoxy) is 1. The number of hydrogen-bond donors (Lipinski definition) is 1. The van der Waals surface area contributed by atoms with Gasteiger partial charge in [0.2, 0.25) is 10.0 Å². The van der Waals surface area contributed by atoms with Crippen LogP contribution < -0.4 is 5.32 Å². The first-order chi connectivity index (χ1) is 17.7. The fraction of sp³-hybridized carbons (Fsp3) is 0.286. The minimum atomic E-state index is -3.72. The van der Waals surface area contributed by atoms with Gasteiger partial charge in [-0.25, -0.2) is 13.4 Å². The van der Waals surface area contributed by atoms with Crippen molar-refractivity contribution < 1.29 is 17.9 Å². The van der Waals surface area contributed by atoms with E-state index in [0.717, 1.165) is 26.5 Å². The van der Waals surface area contributed by atoms with Crippen LogP contribution in [0.2, 0.25) is 0 Å². The Bertz CT molecular complexity index is 1540. The van der Waals surface area contributed by atoms with Crippen LogP contribution in [0.3, 0.4) is 0 Å². The summed E-state index contributed by atoms with van der Waals surface area (Å²) in [5, 5.41) is 4.10. The maximum absolute atomic E-state index is 13.2. The number of ketones is 1. The van der Waals surface area contributed by atoms with Crippen LogP contribution in [0.25, 0.3) is 20.8 Å². The molecule has 1 fully saturated rings.